The van der Waals surface area contributed by atoms with Crippen LogP contribution < -0.4 is 5.73 Å². The molecule has 0 aliphatic rings. The number of anilines is 1. The molecule has 0 aliphatic carbocycles. The number of rotatable bonds is 3. The fourth-order valence-electron chi connectivity index (χ4n) is 1.69. The zero-order valence-corrected chi connectivity index (χ0v) is 13.1. The first-order valence-corrected chi connectivity index (χ1v) is 7.08. The van der Waals surface area contributed by atoms with Gasteiger partial charge in [0.2, 0.25) is 0 Å². The van der Waals surface area contributed by atoms with E-state index < -0.39 is 5.97 Å². The molecule has 0 saturated carbocycles. The number of esters is 1. The highest BCUT2D eigenvalue weighted by molar-refractivity contribution is 9.10. The van der Waals surface area contributed by atoms with Gasteiger partial charge in [0.15, 0.2) is 0 Å². The van der Waals surface area contributed by atoms with E-state index in [9.17, 15) is 4.79 Å². The molecule has 106 valence electrons. The van der Waals surface area contributed by atoms with E-state index in [4.69, 9.17) is 27.3 Å². The van der Waals surface area contributed by atoms with Crippen LogP contribution in [-0.2, 0) is 11.3 Å². The van der Waals surface area contributed by atoms with Crippen molar-refractivity contribution in [3.05, 3.63) is 62.6 Å². The van der Waals surface area contributed by atoms with Crippen molar-refractivity contribution in [3.63, 3.8) is 0 Å². The molecule has 0 unspecified atom stereocenters. The third-order valence-corrected chi connectivity index (χ3v) is 3.51. The highest BCUT2D eigenvalue weighted by Gasteiger charge is 2.10. The van der Waals surface area contributed by atoms with Gasteiger partial charge in [0.1, 0.15) is 6.61 Å². The molecule has 0 spiro atoms. The number of hydrogen-bond donors (Lipinski definition) is 1. The summed E-state index contributed by atoms with van der Waals surface area (Å²) < 4.78 is 5.90. The van der Waals surface area contributed by atoms with Crippen molar-refractivity contribution in [1.29, 1.82) is 5.26 Å². The lowest BCUT2D eigenvalue weighted by molar-refractivity contribution is 0.0473. The van der Waals surface area contributed by atoms with Crippen molar-refractivity contribution >= 4 is 39.2 Å². The van der Waals surface area contributed by atoms with E-state index in [1.807, 2.05) is 6.07 Å². The molecule has 0 aromatic heterocycles. The lowest BCUT2D eigenvalue weighted by Gasteiger charge is -2.08. The lowest BCUT2D eigenvalue weighted by Crippen LogP contribution is -2.06. The standard InChI is InChI=1S/C15H10BrClN2O2/c16-12-4-11(5-13(19)6-12)15(20)21-8-10-2-1-9(7-18)3-14(10)17/h1-6H,8,19H2. The van der Waals surface area contributed by atoms with E-state index in [1.54, 1.807) is 24.3 Å². The molecule has 2 aromatic rings. The smallest absolute Gasteiger partial charge is 0.338 e. The van der Waals surface area contributed by atoms with Gasteiger partial charge in [-0.3, -0.25) is 0 Å². The number of carbonyl (C=O) groups excluding carboxylic acids is 1. The molecule has 0 aliphatic heterocycles. The minimum absolute atomic E-state index is 0.0236. The molecule has 2 aromatic carbocycles. The number of nitriles is 1. The second-order valence-electron chi connectivity index (χ2n) is 4.27. The molecule has 0 bridgehead atoms. The quantitative estimate of drug-likeness (QED) is 0.661. The molecule has 0 heterocycles. The van der Waals surface area contributed by atoms with E-state index in [1.165, 1.54) is 12.1 Å². The monoisotopic (exact) mass is 364 g/mol. The van der Waals surface area contributed by atoms with Crippen molar-refractivity contribution in [2.75, 3.05) is 5.73 Å². The molecule has 6 heteroatoms. The first-order valence-electron chi connectivity index (χ1n) is 5.91. The summed E-state index contributed by atoms with van der Waals surface area (Å²) in [6, 6.07) is 11.6. The molecule has 0 fully saturated rings. The fourth-order valence-corrected chi connectivity index (χ4v) is 2.44. The van der Waals surface area contributed by atoms with Crippen molar-refractivity contribution < 1.29 is 9.53 Å². The second-order valence-corrected chi connectivity index (χ2v) is 5.59. The number of halogens is 2. The Morgan fingerprint density at radius 2 is 2.10 bits per heavy atom. The Bertz CT molecular complexity index is 721. The minimum atomic E-state index is -0.497. The van der Waals surface area contributed by atoms with Gasteiger partial charge in [-0.15, -0.1) is 0 Å². The maximum atomic E-state index is 12.0. The largest absolute Gasteiger partial charge is 0.457 e. The summed E-state index contributed by atoms with van der Waals surface area (Å²) in [5, 5.41) is 9.15. The lowest BCUT2D eigenvalue weighted by atomic mass is 10.1. The summed E-state index contributed by atoms with van der Waals surface area (Å²) in [6.45, 7) is 0.0236. The number of ether oxygens (including phenoxy) is 1. The maximum Gasteiger partial charge on any atom is 0.338 e. The van der Waals surface area contributed by atoms with E-state index in [-0.39, 0.29) is 6.61 Å². The van der Waals surface area contributed by atoms with Gasteiger partial charge in [-0.05, 0) is 30.3 Å². The van der Waals surface area contributed by atoms with Crippen molar-refractivity contribution in [2.24, 2.45) is 0 Å². The Labute approximate surface area is 135 Å². The van der Waals surface area contributed by atoms with Gasteiger partial charge in [-0.1, -0.05) is 33.6 Å². The zero-order chi connectivity index (χ0) is 15.4. The van der Waals surface area contributed by atoms with Crippen LogP contribution in [0.25, 0.3) is 0 Å². The summed E-state index contributed by atoms with van der Waals surface area (Å²) in [5.41, 5.74) is 7.57. The number of nitrogen functional groups attached to an aromatic ring is 1. The van der Waals surface area contributed by atoms with Crippen LogP contribution in [0.3, 0.4) is 0 Å². The summed E-state index contributed by atoms with van der Waals surface area (Å²) in [7, 11) is 0. The van der Waals surface area contributed by atoms with E-state index in [0.29, 0.717) is 31.9 Å². The molecular formula is C15H10BrClN2O2. The van der Waals surface area contributed by atoms with Crippen LogP contribution in [0.15, 0.2) is 40.9 Å². The summed E-state index contributed by atoms with van der Waals surface area (Å²) in [6.07, 6.45) is 0. The van der Waals surface area contributed by atoms with Gasteiger partial charge >= 0.3 is 5.97 Å². The second kappa shape index (κ2) is 6.61. The number of nitrogens with two attached hydrogens (primary N) is 1. The number of carbonyl (C=O) groups is 1. The highest BCUT2D eigenvalue weighted by atomic mass is 79.9. The zero-order valence-electron chi connectivity index (χ0n) is 10.8. The van der Waals surface area contributed by atoms with Crippen LogP contribution in [0.4, 0.5) is 5.69 Å². The van der Waals surface area contributed by atoms with E-state index >= 15 is 0 Å². The molecule has 0 amide bonds. The summed E-state index contributed by atoms with van der Waals surface area (Å²) >= 11 is 9.28. The average molecular weight is 366 g/mol. The highest BCUT2D eigenvalue weighted by Crippen LogP contribution is 2.21. The Balaban J connectivity index is 2.09. The number of benzene rings is 2. The van der Waals surface area contributed by atoms with Gasteiger partial charge in [-0.2, -0.15) is 5.26 Å². The molecule has 2 rings (SSSR count). The molecule has 2 N–H and O–H groups in total. The Hall–Kier alpha value is -2.03. The first kappa shape index (κ1) is 15.4. The van der Waals surface area contributed by atoms with Gasteiger partial charge in [-0.25, -0.2) is 4.79 Å². The molecule has 0 saturated heterocycles. The Morgan fingerprint density at radius 1 is 1.33 bits per heavy atom. The van der Waals surface area contributed by atoms with Gasteiger partial charge in [0.25, 0.3) is 0 Å². The normalized spacial score (nSPS) is 9.95. The first-order chi connectivity index (χ1) is 9.99. The predicted molar refractivity (Wildman–Crippen MR) is 83.8 cm³/mol. The molecule has 0 radical (unpaired) electrons. The van der Waals surface area contributed by atoms with Crippen LogP contribution in [0, 0.1) is 11.3 Å². The molecule has 0 atom stereocenters. The van der Waals surface area contributed by atoms with Crippen molar-refractivity contribution in [2.45, 2.75) is 6.61 Å². The van der Waals surface area contributed by atoms with Gasteiger partial charge in [0.05, 0.1) is 17.2 Å². The van der Waals surface area contributed by atoms with Crippen LogP contribution in [0.5, 0.6) is 0 Å². The van der Waals surface area contributed by atoms with E-state index in [0.717, 1.165) is 0 Å². The van der Waals surface area contributed by atoms with Crippen molar-refractivity contribution in [1.82, 2.24) is 0 Å². The Morgan fingerprint density at radius 3 is 2.71 bits per heavy atom. The van der Waals surface area contributed by atoms with Crippen LogP contribution >= 0.6 is 27.5 Å². The van der Waals surface area contributed by atoms with Crippen molar-refractivity contribution in [3.8, 4) is 6.07 Å². The molecule has 4 nitrogen and oxygen atoms in total. The van der Waals surface area contributed by atoms with E-state index in [2.05, 4.69) is 15.9 Å². The average Bonchev–Trinajstić information content (AvgIpc) is 2.44. The van der Waals surface area contributed by atoms with Crippen LogP contribution in [0.1, 0.15) is 21.5 Å². The SMILES string of the molecule is N#Cc1ccc(COC(=O)c2cc(N)cc(Br)c2)c(Cl)c1. The van der Waals surface area contributed by atoms with Gasteiger partial charge in [0, 0.05) is 20.7 Å². The third-order valence-electron chi connectivity index (χ3n) is 2.70. The maximum absolute atomic E-state index is 12.0. The van der Waals surface area contributed by atoms with Crippen LogP contribution in [-0.4, -0.2) is 5.97 Å². The molecular weight excluding hydrogens is 356 g/mol. The van der Waals surface area contributed by atoms with Crippen LogP contribution in [0.2, 0.25) is 5.02 Å². The predicted octanol–water partition coefficient (Wildman–Crippen LogP) is 3.91. The third kappa shape index (κ3) is 3.97. The van der Waals surface area contributed by atoms with Gasteiger partial charge < -0.3 is 10.5 Å². The molecule has 21 heavy (non-hydrogen) atoms. The number of nitrogens with zero attached hydrogens (tertiary/aromatic N) is 1. The minimum Gasteiger partial charge on any atom is -0.457 e. The summed E-state index contributed by atoms with van der Waals surface area (Å²) in [5.74, 6) is -0.497. The number of hydrogen-bond acceptors (Lipinski definition) is 4. The fraction of sp³-hybridized carbons (Fsp3) is 0.0667. The summed E-state index contributed by atoms with van der Waals surface area (Å²) in [4.78, 5) is 12.0. The topological polar surface area (TPSA) is 76.1 Å². The Kier molecular flexibility index (Phi) is 4.84.